The van der Waals surface area contributed by atoms with E-state index in [0.29, 0.717) is 38.7 Å². The van der Waals surface area contributed by atoms with Gasteiger partial charge in [-0.15, -0.1) is 0 Å². The Morgan fingerprint density at radius 2 is 1.81 bits per heavy atom. The van der Waals surface area contributed by atoms with E-state index in [-0.39, 0.29) is 25.7 Å². The molecule has 0 spiro atoms. The van der Waals surface area contributed by atoms with Crippen molar-refractivity contribution in [1.29, 1.82) is 0 Å². The standard InChI is InChI=1S/C27H21Cl2N3O4/c28-19-9-7-18(21(29)13-19)15-35-25-12-17(27(33)30-14-20-4-3-11-34-20)8-10-24(25)36-16-26-31-22-5-1-2-6-23(22)32-26/h1-13H,14-16H2,(H,30,33)(H,31,32). The smallest absolute Gasteiger partial charge is 0.251 e. The fourth-order valence-corrected chi connectivity index (χ4v) is 4.04. The Balaban J connectivity index is 1.35. The topological polar surface area (TPSA) is 89.4 Å². The number of aromatic nitrogens is 2. The molecule has 0 fully saturated rings. The van der Waals surface area contributed by atoms with Crippen molar-refractivity contribution in [2.24, 2.45) is 0 Å². The van der Waals surface area contributed by atoms with Gasteiger partial charge in [-0.1, -0.05) is 41.4 Å². The van der Waals surface area contributed by atoms with Crippen LogP contribution in [0.25, 0.3) is 11.0 Å². The third kappa shape index (κ3) is 5.64. The fraction of sp³-hybridized carbons (Fsp3) is 0.111. The van der Waals surface area contributed by atoms with Gasteiger partial charge in [0.15, 0.2) is 11.5 Å². The normalized spacial score (nSPS) is 10.9. The second-order valence-electron chi connectivity index (χ2n) is 7.94. The van der Waals surface area contributed by atoms with Crippen molar-refractivity contribution in [1.82, 2.24) is 15.3 Å². The Morgan fingerprint density at radius 1 is 0.944 bits per heavy atom. The monoisotopic (exact) mass is 521 g/mol. The van der Waals surface area contributed by atoms with Crippen LogP contribution in [0.2, 0.25) is 10.0 Å². The SMILES string of the molecule is O=C(NCc1ccco1)c1ccc(OCc2nc3ccccc3[nH]2)c(OCc2ccc(Cl)cc2Cl)c1. The lowest BCUT2D eigenvalue weighted by molar-refractivity contribution is 0.0947. The van der Waals surface area contributed by atoms with Gasteiger partial charge in [-0.25, -0.2) is 4.98 Å². The average molecular weight is 522 g/mol. The predicted octanol–water partition coefficient (Wildman–Crippen LogP) is 6.55. The molecule has 0 unspecified atom stereocenters. The minimum absolute atomic E-state index is 0.161. The van der Waals surface area contributed by atoms with Crippen molar-refractivity contribution in [3.63, 3.8) is 0 Å². The Bertz CT molecular complexity index is 1470. The largest absolute Gasteiger partial charge is 0.485 e. The number of furan rings is 1. The van der Waals surface area contributed by atoms with Gasteiger partial charge in [-0.2, -0.15) is 0 Å². The van der Waals surface area contributed by atoms with Crippen molar-refractivity contribution >= 4 is 40.1 Å². The van der Waals surface area contributed by atoms with Crippen molar-refractivity contribution in [2.75, 3.05) is 0 Å². The molecule has 5 rings (SSSR count). The molecule has 0 aliphatic rings. The van der Waals surface area contributed by atoms with E-state index in [1.807, 2.05) is 24.3 Å². The summed E-state index contributed by atoms with van der Waals surface area (Å²) in [5, 5.41) is 3.85. The number of H-pyrrole nitrogens is 1. The number of benzene rings is 3. The van der Waals surface area contributed by atoms with Gasteiger partial charge >= 0.3 is 0 Å². The maximum atomic E-state index is 12.7. The molecule has 3 aromatic carbocycles. The number of imidazole rings is 1. The number of halogens is 2. The lowest BCUT2D eigenvalue weighted by Crippen LogP contribution is -2.22. The summed E-state index contributed by atoms with van der Waals surface area (Å²) in [5.41, 5.74) is 2.94. The van der Waals surface area contributed by atoms with Crippen molar-refractivity contribution < 1.29 is 18.7 Å². The number of fused-ring (bicyclic) bond motifs is 1. The van der Waals surface area contributed by atoms with Gasteiger partial charge in [-0.05, 0) is 54.6 Å². The predicted molar refractivity (Wildman–Crippen MR) is 138 cm³/mol. The van der Waals surface area contributed by atoms with E-state index in [0.717, 1.165) is 16.6 Å². The molecule has 0 saturated heterocycles. The molecule has 0 radical (unpaired) electrons. The summed E-state index contributed by atoms with van der Waals surface area (Å²) in [6, 6.07) is 21.5. The van der Waals surface area contributed by atoms with E-state index in [4.69, 9.17) is 37.1 Å². The fourth-order valence-electron chi connectivity index (χ4n) is 3.58. The number of hydrogen-bond acceptors (Lipinski definition) is 5. The average Bonchev–Trinajstić information content (AvgIpc) is 3.55. The summed E-state index contributed by atoms with van der Waals surface area (Å²) in [5.74, 6) is 1.90. The molecule has 0 atom stereocenters. The molecular weight excluding hydrogens is 501 g/mol. The summed E-state index contributed by atoms with van der Waals surface area (Å²) in [4.78, 5) is 20.5. The summed E-state index contributed by atoms with van der Waals surface area (Å²) in [7, 11) is 0. The summed E-state index contributed by atoms with van der Waals surface area (Å²) >= 11 is 12.3. The first kappa shape index (κ1) is 23.8. The number of carbonyl (C=O) groups excluding carboxylic acids is 1. The van der Waals surface area contributed by atoms with Gasteiger partial charge in [0.2, 0.25) is 0 Å². The van der Waals surface area contributed by atoms with Crippen molar-refractivity contribution in [3.8, 4) is 11.5 Å². The number of rotatable bonds is 9. The van der Waals surface area contributed by atoms with Crippen LogP contribution in [0, 0.1) is 0 Å². The highest BCUT2D eigenvalue weighted by Crippen LogP contribution is 2.31. The molecular formula is C27H21Cl2N3O4. The van der Waals surface area contributed by atoms with Gasteiger partial charge < -0.3 is 24.2 Å². The van der Waals surface area contributed by atoms with E-state index in [1.165, 1.54) is 0 Å². The van der Waals surface area contributed by atoms with Gasteiger partial charge in [0.25, 0.3) is 5.91 Å². The molecule has 0 aliphatic heterocycles. The maximum absolute atomic E-state index is 12.7. The first-order chi connectivity index (χ1) is 17.5. The van der Waals surface area contributed by atoms with Gasteiger partial charge in [0.05, 0.1) is 23.8 Å². The number of para-hydroxylation sites is 2. The highest BCUT2D eigenvalue weighted by Gasteiger charge is 2.14. The quantitative estimate of drug-likeness (QED) is 0.229. The zero-order chi connectivity index (χ0) is 24.9. The van der Waals surface area contributed by atoms with E-state index < -0.39 is 0 Å². The number of nitrogens with zero attached hydrogens (tertiary/aromatic N) is 1. The molecule has 182 valence electrons. The Kier molecular flexibility index (Phi) is 7.11. The number of ether oxygens (including phenoxy) is 2. The Labute approximate surface area is 217 Å². The van der Waals surface area contributed by atoms with Crippen LogP contribution in [0.15, 0.2) is 83.5 Å². The van der Waals surface area contributed by atoms with Gasteiger partial charge in [0.1, 0.15) is 24.8 Å². The molecule has 2 heterocycles. The van der Waals surface area contributed by atoms with Crippen molar-refractivity contribution in [3.05, 3.63) is 112 Å². The zero-order valence-corrected chi connectivity index (χ0v) is 20.5. The third-order valence-electron chi connectivity index (χ3n) is 5.41. The maximum Gasteiger partial charge on any atom is 0.251 e. The van der Waals surface area contributed by atoms with E-state index >= 15 is 0 Å². The second-order valence-corrected chi connectivity index (χ2v) is 8.78. The molecule has 2 N–H and O–H groups in total. The van der Waals surface area contributed by atoms with Crippen LogP contribution < -0.4 is 14.8 Å². The Hall–Kier alpha value is -3.94. The Morgan fingerprint density at radius 3 is 2.61 bits per heavy atom. The van der Waals surface area contributed by atoms with Crippen LogP contribution in [0.4, 0.5) is 0 Å². The molecule has 0 saturated carbocycles. The number of aromatic amines is 1. The first-order valence-electron chi connectivity index (χ1n) is 11.1. The number of carbonyl (C=O) groups is 1. The van der Waals surface area contributed by atoms with Crippen molar-refractivity contribution in [2.45, 2.75) is 19.8 Å². The van der Waals surface area contributed by atoms with E-state index in [9.17, 15) is 4.79 Å². The molecule has 2 aromatic heterocycles. The third-order valence-corrected chi connectivity index (χ3v) is 6.00. The van der Waals surface area contributed by atoms with Crippen LogP contribution in [0.5, 0.6) is 11.5 Å². The molecule has 5 aromatic rings. The molecule has 0 aliphatic carbocycles. The zero-order valence-electron chi connectivity index (χ0n) is 19.0. The van der Waals surface area contributed by atoms with E-state index in [2.05, 4.69) is 15.3 Å². The number of nitrogens with one attached hydrogen (secondary N) is 2. The van der Waals surface area contributed by atoms with Crippen LogP contribution in [0.1, 0.15) is 27.5 Å². The molecule has 1 amide bonds. The molecule has 7 nitrogen and oxygen atoms in total. The lowest BCUT2D eigenvalue weighted by Gasteiger charge is -2.14. The van der Waals surface area contributed by atoms with Crippen LogP contribution in [-0.2, 0) is 19.8 Å². The second kappa shape index (κ2) is 10.8. The summed E-state index contributed by atoms with van der Waals surface area (Å²) in [6.45, 7) is 0.623. The van der Waals surface area contributed by atoms with E-state index in [1.54, 1.807) is 54.8 Å². The summed E-state index contributed by atoms with van der Waals surface area (Å²) in [6.07, 6.45) is 1.56. The minimum atomic E-state index is -0.274. The van der Waals surface area contributed by atoms with Crippen LogP contribution >= 0.6 is 23.2 Å². The van der Waals surface area contributed by atoms with Gasteiger partial charge in [0, 0.05) is 21.2 Å². The van der Waals surface area contributed by atoms with Gasteiger partial charge in [-0.3, -0.25) is 4.79 Å². The molecule has 9 heteroatoms. The lowest BCUT2D eigenvalue weighted by atomic mass is 10.2. The first-order valence-corrected chi connectivity index (χ1v) is 11.9. The minimum Gasteiger partial charge on any atom is -0.485 e. The number of hydrogen-bond donors (Lipinski definition) is 2. The van der Waals surface area contributed by atoms with Crippen LogP contribution in [0.3, 0.4) is 0 Å². The highest BCUT2D eigenvalue weighted by atomic mass is 35.5. The summed E-state index contributed by atoms with van der Waals surface area (Å²) < 4.78 is 17.4. The molecule has 0 bridgehead atoms. The molecule has 36 heavy (non-hydrogen) atoms. The van der Waals surface area contributed by atoms with Crippen LogP contribution in [-0.4, -0.2) is 15.9 Å². The highest BCUT2D eigenvalue weighted by molar-refractivity contribution is 6.35. The number of amides is 1.